The third kappa shape index (κ3) is 6.46. The van der Waals surface area contributed by atoms with Crippen LogP contribution in [-0.4, -0.2) is 23.2 Å². The predicted octanol–water partition coefficient (Wildman–Crippen LogP) is 6.74. The molecule has 4 aromatic rings. The van der Waals surface area contributed by atoms with Crippen LogP contribution in [0.25, 0.3) is 11.3 Å². The molecule has 2 amide bonds. The fourth-order valence-corrected chi connectivity index (χ4v) is 4.04. The van der Waals surface area contributed by atoms with Gasteiger partial charge in [-0.25, -0.2) is 18.0 Å². The maximum Gasteiger partial charge on any atom is 0.412 e. The number of ether oxygens (including phenoxy) is 1. The number of aryl methyl sites for hydroxylation is 1. The van der Waals surface area contributed by atoms with E-state index in [1.54, 1.807) is 57.2 Å². The Labute approximate surface area is 223 Å². The Hall–Kier alpha value is -4.60. The molecular formula is C29H26F3N3O4. The number of hydrogen-bond donors (Lipinski definition) is 2. The van der Waals surface area contributed by atoms with E-state index in [9.17, 15) is 22.8 Å². The summed E-state index contributed by atoms with van der Waals surface area (Å²) in [6.45, 7) is 4.83. The maximum atomic E-state index is 14.0. The molecule has 0 aliphatic heterocycles. The monoisotopic (exact) mass is 537 g/mol. The molecule has 202 valence electrons. The Morgan fingerprint density at radius 2 is 1.56 bits per heavy atom. The van der Waals surface area contributed by atoms with Gasteiger partial charge in [-0.1, -0.05) is 41.6 Å². The molecule has 7 nitrogen and oxygen atoms in total. The van der Waals surface area contributed by atoms with Crippen molar-refractivity contribution in [1.29, 1.82) is 0 Å². The van der Waals surface area contributed by atoms with Crippen LogP contribution in [0.5, 0.6) is 0 Å². The SMILES string of the molecule is Cc1noc(-c2ccc(C(=O)NC(C)Cc3c(F)cccc3F)cc2)c1NC(=O)OC(C)c1ccccc1F. The molecule has 1 aromatic heterocycles. The van der Waals surface area contributed by atoms with Crippen LogP contribution < -0.4 is 10.6 Å². The normalized spacial score (nSPS) is 12.5. The van der Waals surface area contributed by atoms with Crippen molar-refractivity contribution in [2.45, 2.75) is 39.3 Å². The minimum atomic E-state index is -0.843. The second kappa shape index (κ2) is 11.8. The van der Waals surface area contributed by atoms with Crippen LogP contribution in [0.3, 0.4) is 0 Å². The van der Waals surface area contributed by atoms with E-state index >= 15 is 0 Å². The third-order valence-electron chi connectivity index (χ3n) is 6.08. The Morgan fingerprint density at radius 1 is 0.923 bits per heavy atom. The summed E-state index contributed by atoms with van der Waals surface area (Å²) >= 11 is 0. The number of nitrogens with one attached hydrogen (secondary N) is 2. The highest BCUT2D eigenvalue weighted by molar-refractivity contribution is 5.95. The quantitative estimate of drug-likeness (QED) is 0.260. The van der Waals surface area contributed by atoms with Gasteiger partial charge < -0.3 is 14.6 Å². The average molecular weight is 538 g/mol. The summed E-state index contributed by atoms with van der Waals surface area (Å²) in [6, 6.07) is 15.4. The molecule has 0 fully saturated rings. The lowest BCUT2D eigenvalue weighted by Gasteiger charge is -2.15. The molecule has 0 bridgehead atoms. The van der Waals surface area contributed by atoms with E-state index in [-0.39, 0.29) is 29.0 Å². The van der Waals surface area contributed by atoms with Gasteiger partial charge in [-0.2, -0.15) is 0 Å². The first-order valence-corrected chi connectivity index (χ1v) is 12.2. The second-order valence-corrected chi connectivity index (χ2v) is 9.02. The smallest absolute Gasteiger partial charge is 0.412 e. The molecule has 2 unspecified atom stereocenters. The maximum absolute atomic E-state index is 14.0. The zero-order valence-electron chi connectivity index (χ0n) is 21.4. The van der Waals surface area contributed by atoms with Crippen LogP contribution >= 0.6 is 0 Å². The van der Waals surface area contributed by atoms with Gasteiger partial charge in [-0.15, -0.1) is 0 Å². The van der Waals surface area contributed by atoms with Crippen LogP contribution in [0.2, 0.25) is 0 Å². The molecular weight excluding hydrogens is 511 g/mol. The van der Waals surface area contributed by atoms with Gasteiger partial charge in [0.15, 0.2) is 5.76 Å². The summed E-state index contributed by atoms with van der Waals surface area (Å²) in [4.78, 5) is 25.2. The van der Waals surface area contributed by atoms with Crippen molar-refractivity contribution in [2.75, 3.05) is 5.32 Å². The van der Waals surface area contributed by atoms with Crippen molar-refractivity contribution < 1.29 is 32.0 Å². The average Bonchev–Trinajstić information content (AvgIpc) is 3.26. The van der Waals surface area contributed by atoms with E-state index in [2.05, 4.69) is 15.8 Å². The van der Waals surface area contributed by atoms with Crippen molar-refractivity contribution in [2.24, 2.45) is 0 Å². The summed E-state index contributed by atoms with van der Waals surface area (Å²) in [5, 5.41) is 9.22. The highest BCUT2D eigenvalue weighted by Gasteiger charge is 2.21. The van der Waals surface area contributed by atoms with Crippen molar-refractivity contribution in [3.63, 3.8) is 0 Å². The number of aromatic nitrogens is 1. The molecule has 2 atom stereocenters. The number of hydrogen-bond acceptors (Lipinski definition) is 5. The van der Waals surface area contributed by atoms with Crippen LogP contribution in [0.4, 0.5) is 23.7 Å². The molecule has 0 aliphatic carbocycles. The van der Waals surface area contributed by atoms with Gasteiger partial charge in [-0.05, 0) is 57.5 Å². The number of amides is 2. The van der Waals surface area contributed by atoms with Crippen molar-refractivity contribution in [3.05, 3.63) is 107 Å². The molecule has 0 aliphatic rings. The predicted molar refractivity (Wildman–Crippen MR) is 139 cm³/mol. The number of carbonyl (C=O) groups is 2. The zero-order chi connectivity index (χ0) is 28.1. The molecule has 4 rings (SSSR count). The fourth-order valence-electron chi connectivity index (χ4n) is 4.04. The van der Waals surface area contributed by atoms with Crippen LogP contribution in [0, 0.1) is 24.4 Å². The fraction of sp³-hybridized carbons (Fsp3) is 0.207. The van der Waals surface area contributed by atoms with E-state index in [0.717, 1.165) is 0 Å². The molecule has 0 saturated carbocycles. The molecule has 0 saturated heterocycles. The number of nitrogens with zero attached hydrogens (tertiary/aromatic N) is 1. The minimum absolute atomic E-state index is 0.0136. The standard InChI is InChI=1S/C29H26F3N3O4/c1-16(15-22-24(31)9-6-10-25(22)32)33-28(36)20-13-11-19(12-14-20)27-26(17(2)35-39-27)34-29(37)38-18(3)21-7-4-5-8-23(21)30/h4-14,16,18H,15H2,1-3H3,(H,33,36)(H,34,37). The van der Waals surface area contributed by atoms with Gasteiger partial charge in [0.05, 0.1) is 0 Å². The van der Waals surface area contributed by atoms with E-state index in [1.807, 2.05) is 0 Å². The van der Waals surface area contributed by atoms with Crippen molar-refractivity contribution in [1.82, 2.24) is 10.5 Å². The van der Waals surface area contributed by atoms with Crippen LogP contribution in [0.15, 0.2) is 71.3 Å². The molecule has 0 spiro atoms. The molecule has 2 N–H and O–H groups in total. The lowest BCUT2D eigenvalue weighted by molar-refractivity contribution is 0.0939. The van der Waals surface area contributed by atoms with Crippen molar-refractivity contribution in [3.8, 4) is 11.3 Å². The van der Waals surface area contributed by atoms with E-state index < -0.39 is 41.6 Å². The zero-order valence-corrected chi connectivity index (χ0v) is 21.4. The molecule has 10 heteroatoms. The Morgan fingerprint density at radius 3 is 2.23 bits per heavy atom. The third-order valence-corrected chi connectivity index (χ3v) is 6.08. The van der Waals surface area contributed by atoms with Gasteiger partial charge in [0.2, 0.25) is 0 Å². The highest BCUT2D eigenvalue weighted by Crippen LogP contribution is 2.32. The van der Waals surface area contributed by atoms with Gasteiger partial charge in [0.25, 0.3) is 5.91 Å². The number of halogens is 3. The number of benzene rings is 3. The highest BCUT2D eigenvalue weighted by atomic mass is 19.1. The minimum Gasteiger partial charge on any atom is -0.441 e. The first kappa shape index (κ1) is 27.4. The second-order valence-electron chi connectivity index (χ2n) is 9.02. The summed E-state index contributed by atoms with van der Waals surface area (Å²) < 4.78 is 52.6. The van der Waals surface area contributed by atoms with Crippen molar-refractivity contribution >= 4 is 17.7 Å². The van der Waals surface area contributed by atoms with E-state index in [1.165, 1.54) is 30.3 Å². The van der Waals surface area contributed by atoms with Crippen LogP contribution in [0.1, 0.15) is 47.1 Å². The Kier molecular flexibility index (Phi) is 8.33. The number of anilines is 1. The Balaban J connectivity index is 1.41. The lowest BCUT2D eigenvalue weighted by Crippen LogP contribution is -2.34. The first-order valence-electron chi connectivity index (χ1n) is 12.2. The van der Waals surface area contributed by atoms with Gasteiger partial charge in [0, 0.05) is 28.3 Å². The van der Waals surface area contributed by atoms with Gasteiger partial charge in [-0.3, -0.25) is 10.1 Å². The Bertz CT molecular complexity index is 1470. The molecule has 39 heavy (non-hydrogen) atoms. The summed E-state index contributed by atoms with van der Waals surface area (Å²) in [5.41, 5.74) is 1.62. The van der Waals surface area contributed by atoms with Gasteiger partial charge >= 0.3 is 6.09 Å². The molecule has 3 aromatic carbocycles. The number of rotatable bonds is 8. The molecule has 1 heterocycles. The van der Waals surface area contributed by atoms with Gasteiger partial charge in [0.1, 0.15) is 34.9 Å². The van der Waals surface area contributed by atoms with E-state index in [0.29, 0.717) is 16.8 Å². The largest absolute Gasteiger partial charge is 0.441 e. The topological polar surface area (TPSA) is 93.5 Å². The summed E-state index contributed by atoms with van der Waals surface area (Å²) in [5.74, 6) is -2.02. The first-order chi connectivity index (χ1) is 18.6. The van der Waals surface area contributed by atoms with Crippen LogP contribution in [-0.2, 0) is 11.2 Å². The lowest BCUT2D eigenvalue weighted by atomic mass is 10.0. The van der Waals surface area contributed by atoms with E-state index in [4.69, 9.17) is 9.26 Å². The summed E-state index contributed by atoms with van der Waals surface area (Å²) in [7, 11) is 0. The summed E-state index contributed by atoms with van der Waals surface area (Å²) in [6.07, 6.45) is -1.68. The number of carbonyl (C=O) groups excluding carboxylic acids is 2. The molecule has 0 radical (unpaired) electrons.